The van der Waals surface area contributed by atoms with Gasteiger partial charge in [-0.05, 0) is 42.4 Å². The molecule has 2 aliphatic heterocycles. The summed E-state index contributed by atoms with van der Waals surface area (Å²) in [7, 11) is 0. The standard InChI is InChI=1S/C25H38N4O3/c1-19(2)20-7-9-22(10-8-20)26-25(31)29-13-11-27(12-14-29)23(21-5-3-4-6-21)24(30)28-15-17-32-18-16-28/h7-10,19,21,23H,3-6,11-18H2,1-2H3,(H,26,31). The monoisotopic (exact) mass is 442 g/mol. The fraction of sp³-hybridized carbons (Fsp3) is 0.680. The zero-order valence-electron chi connectivity index (χ0n) is 19.6. The SMILES string of the molecule is CC(C)c1ccc(NC(=O)N2CCN(C(C(=O)N3CCOCC3)C3CCCC3)CC2)cc1. The molecule has 0 radical (unpaired) electrons. The van der Waals surface area contributed by atoms with Gasteiger partial charge in [0.1, 0.15) is 0 Å². The van der Waals surface area contributed by atoms with Gasteiger partial charge in [-0.1, -0.05) is 38.8 Å². The van der Waals surface area contributed by atoms with Gasteiger partial charge in [0, 0.05) is 45.0 Å². The van der Waals surface area contributed by atoms with Gasteiger partial charge < -0.3 is 19.9 Å². The summed E-state index contributed by atoms with van der Waals surface area (Å²) in [6.07, 6.45) is 4.70. The molecular formula is C25H38N4O3. The second-order valence-electron chi connectivity index (χ2n) is 9.66. The predicted molar refractivity (Wildman–Crippen MR) is 126 cm³/mol. The number of amides is 3. The molecule has 0 bridgehead atoms. The van der Waals surface area contributed by atoms with Crippen LogP contribution < -0.4 is 5.32 Å². The summed E-state index contributed by atoms with van der Waals surface area (Å²) >= 11 is 0. The van der Waals surface area contributed by atoms with E-state index in [2.05, 4.69) is 36.2 Å². The molecule has 1 aromatic rings. The Labute approximate surface area is 192 Å². The minimum atomic E-state index is -0.0566. The molecule has 1 aliphatic carbocycles. The molecule has 1 atom stereocenters. The number of nitrogens with one attached hydrogen (secondary N) is 1. The molecule has 4 rings (SSSR count). The van der Waals surface area contributed by atoms with Crippen LogP contribution in [-0.4, -0.2) is 85.2 Å². The van der Waals surface area contributed by atoms with Crippen molar-refractivity contribution in [1.29, 1.82) is 0 Å². The summed E-state index contributed by atoms with van der Waals surface area (Å²) in [5, 5.41) is 3.03. The van der Waals surface area contributed by atoms with Gasteiger partial charge in [0.25, 0.3) is 0 Å². The summed E-state index contributed by atoms with van der Waals surface area (Å²) < 4.78 is 5.45. The third kappa shape index (κ3) is 5.44. The van der Waals surface area contributed by atoms with Crippen molar-refractivity contribution in [1.82, 2.24) is 14.7 Å². The van der Waals surface area contributed by atoms with E-state index < -0.39 is 0 Å². The lowest BCUT2D eigenvalue weighted by Gasteiger charge is -2.43. The van der Waals surface area contributed by atoms with E-state index in [4.69, 9.17) is 4.74 Å². The Morgan fingerprint density at radius 3 is 2.12 bits per heavy atom. The van der Waals surface area contributed by atoms with Gasteiger partial charge >= 0.3 is 6.03 Å². The van der Waals surface area contributed by atoms with Gasteiger partial charge in [0.05, 0.1) is 19.3 Å². The Kier molecular flexibility index (Phi) is 7.68. The smallest absolute Gasteiger partial charge is 0.321 e. The number of urea groups is 1. The second kappa shape index (κ2) is 10.7. The third-order valence-electron chi connectivity index (χ3n) is 7.25. The van der Waals surface area contributed by atoms with Crippen molar-refractivity contribution >= 4 is 17.6 Å². The van der Waals surface area contributed by atoms with E-state index in [1.54, 1.807) is 0 Å². The van der Waals surface area contributed by atoms with Crippen LogP contribution in [0.5, 0.6) is 0 Å². The van der Waals surface area contributed by atoms with Gasteiger partial charge in [-0.3, -0.25) is 9.69 Å². The summed E-state index contributed by atoms with van der Waals surface area (Å²) in [5.74, 6) is 1.18. The highest BCUT2D eigenvalue weighted by atomic mass is 16.5. The molecule has 3 aliphatic rings. The van der Waals surface area contributed by atoms with Crippen LogP contribution in [0.15, 0.2) is 24.3 Å². The number of carbonyl (C=O) groups excluding carboxylic acids is 2. The Bertz CT molecular complexity index is 762. The predicted octanol–water partition coefficient (Wildman–Crippen LogP) is 3.38. The first kappa shape index (κ1) is 23.1. The van der Waals surface area contributed by atoms with Gasteiger partial charge in [-0.2, -0.15) is 0 Å². The number of hydrogen-bond donors (Lipinski definition) is 1. The van der Waals surface area contributed by atoms with Crippen molar-refractivity contribution in [2.45, 2.75) is 51.5 Å². The lowest BCUT2D eigenvalue weighted by atomic mass is 9.94. The largest absolute Gasteiger partial charge is 0.378 e. The van der Waals surface area contributed by atoms with Crippen LogP contribution in [0.4, 0.5) is 10.5 Å². The molecule has 1 unspecified atom stereocenters. The Morgan fingerprint density at radius 1 is 0.906 bits per heavy atom. The Hall–Kier alpha value is -2.12. The van der Waals surface area contributed by atoms with Crippen molar-refractivity contribution in [2.24, 2.45) is 5.92 Å². The van der Waals surface area contributed by atoms with E-state index in [1.807, 2.05) is 21.9 Å². The maximum absolute atomic E-state index is 13.5. The van der Waals surface area contributed by atoms with E-state index in [9.17, 15) is 9.59 Å². The normalized spacial score (nSPS) is 21.7. The first-order valence-electron chi connectivity index (χ1n) is 12.3. The summed E-state index contributed by atoms with van der Waals surface area (Å²) in [6, 6.07) is 7.98. The molecule has 2 saturated heterocycles. The van der Waals surface area contributed by atoms with E-state index in [1.165, 1.54) is 18.4 Å². The summed E-state index contributed by atoms with van der Waals surface area (Å²) in [6.45, 7) is 9.77. The topological polar surface area (TPSA) is 65.1 Å². The lowest BCUT2D eigenvalue weighted by molar-refractivity contribution is -0.144. The van der Waals surface area contributed by atoms with Crippen LogP contribution in [-0.2, 0) is 9.53 Å². The number of hydrogen-bond acceptors (Lipinski definition) is 4. The molecule has 7 heteroatoms. The molecule has 176 valence electrons. The van der Waals surface area contributed by atoms with Crippen molar-refractivity contribution in [3.8, 4) is 0 Å². The van der Waals surface area contributed by atoms with Crippen LogP contribution in [0.1, 0.15) is 51.0 Å². The minimum Gasteiger partial charge on any atom is -0.378 e. The van der Waals surface area contributed by atoms with Crippen LogP contribution in [0.2, 0.25) is 0 Å². The number of morpholine rings is 1. The molecule has 7 nitrogen and oxygen atoms in total. The lowest BCUT2D eigenvalue weighted by Crippen LogP contribution is -2.59. The Balaban J connectivity index is 1.34. The zero-order chi connectivity index (χ0) is 22.5. The molecule has 0 spiro atoms. The minimum absolute atomic E-state index is 0.0515. The number of anilines is 1. The average Bonchev–Trinajstić information content (AvgIpc) is 3.35. The summed E-state index contributed by atoms with van der Waals surface area (Å²) in [5.41, 5.74) is 2.09. The fourth-order valence-electron chi connectivity index (χ4n) is 5.26. The van der Waals surface area contributed by atoms with Gasteiger partial charge in [-0.25, -0.2) is 4.79 Å². The number of nitrogens with zero attached hydrogens (tertiary/aromatic N) is 3. The van der Waals surface area contributed by atoms with E-state index >= 15 is 0 Å². The number of rotatable bonds is 5. The van der Waals surface area contributed by atoms with Crippen molar-refractivity contribution in [3.63, 3.8) is 0 Å². The zero-order valence-corrected chi connectivity index (χ0v) is 19.6. The highest BCUT2D eigenvalue weighted by Gasteiger charge is 2.39. The van der Waals surface area contributed by atoms with Gasteiger partial charge in [-0.15, -0.1) is 0 Å². The van der Waals surface area contributed by atoms with Crippen LogP contribution >= 0.6 is 0 Å². The van der Waals surface area contributed by atoms with E-state index in [-0.39, 0.29) is 18.0 Å². The molecule has 2 heterocycles. The van der Waals surface area contributed by atoms with E-state index in [0.717, 1.165) is 31.6 Å². The molecule has 1 aromatic carbocycles. The van der Waals surface area contributed by atoms with E-state index in [0.29, 0.717) is 51.2 Å². The quantitative estimate of drug-likeness (QED) is 0.759. The highest BCUT2D eigenvalue weighted by Crippen LogP contribution is 2.32. The third-order valence-corrected chi connectivity index (χ3v) is 7.25. The molecule has 3 amide bonds. The van der Waals surface area contributed by atoms with Crippen molar-refractivity contribution in [3.05, 3.63) is 29.8 Å². The van der Waals surface area contributed by atoms with Crippen molar-refractivity contribution < 1.29 is 14.3 Å². The second-order valence-corrected chi connectivity index (χ2v) is 9.66. The first-order chi connectivity index (χ1) is 15.5. The molecule has 0 aromatic heterocycles. The fourth-order valence-corrected chi connectivity index (χ4v) is 5.26. The maximum atomic E-state index is 13.5. The van der Waals surface area contributed by atoms with Crippen molar-refractivity contribution in [2.75, 3.05) is 57.8 Å². The number of carbonyl (C=O) groups is 2. The van der Waals surface area contributed by atoms with Crippen LogP contribution in [0.3, 0.4) is 0 Å². The number of benzene rings is 1. The van der Waals surface area contributed by atoms with Gasteiger partial charge in [0.2, 0.25) is 5.91 Å². The average molecular weight is 443 g/mol. The van der Waals surface area contributed by atoms with Gasteiger partial charge in [0.15, 0.2) is 0 Å². The molecule has 3 fully saturated rings. The first-order valence-corrected chi connectivity index (χ1v) is 12.3. The summed E-state index contributed by atoms with van der Waals surface area (Å²) in [4.78, 5) is 32.5. The maximum Gasteiger partial charge on any atom is 0.321 e. The van der Waals surface area contributed by atoms with Crippen LogP contribution in [0.25, 0.3) is 0 Å². The molecule has 1 N–H and O–H groups in total. The molecule has 32 heavy (non-hydrogen) atoms. The highest BCUT2D eigenvalue weighted by molar-refractivity contribution is 5.89. The number of piperazine rings is 1. The van der Waals surface area contributed by atoms with Crippen LogP contribution in [0, 0.1) is 5.92 Å². The Morgan fingerprint density at radius 2 is 1.53 bits per heavy atom. The molecular weight excluding hydrogens is 404 g/mol. The number of ether oxygens (including phenoxy) is 1. The molecule has 1 saturated carbocycles.